The smallest absolute Gasteiger partial charge is 0.251 e. The summed E-state index contributed by atoms with van der Waals surface area (Å²) in [5, 5.41) is 14.8. The van der Waals surface area contributed by atoms with Crippen LogP contribution in [0.15, 0.2) is 35.7 Å². The Morgan fingerprint density at radius 2 is 2.17 bits per heavy atom. The lowest BCUT2D eigenvalue weighted by Crippen LogP contribution is -2.50. The number of benzene rings is 1. The summed E-state index contributed by atoms with van der Waals surface area (Å²) < 4.78 is 0. The molecule has 2 aromatic rings. The molecule has 0 saturated carbocycles. The van der Waals surface area contributed by atoms with Crippen LogP contribution in [0, 0.1) is 6.92 Å². The molecular formula is C18H20N2O3S. The number of aromatic hydroxyl groups is 1. The van der Waals surface area contributed by atoms with Crippen LogP contribution in [0.25, 0.3) is 0 Å². The van der Waals surface area contributed by atoms with E-state index in [9.17, 15) is 14.7 Å². The van der Waals surface area contributed by atoms with Gasteiger partial charge in [-0.05, 0) is 42.5 Å². The van der Waals surface area contributed by atoms with Crippen LogP contribution < -0.4 is 5.32 Å². The quantitative estimate of drug-likeness (QED) is 0.899. The molecule has 0 unspecified atom stereocenters. The first-order valence-electron chi connectivity index (χ1n) is 7.87. The number of hydrogen-bond donors (Lipinski definition) is 2. The van der Waals surface area contributed by atoms with E-state index in [1.165, 1.54) is 6.07 Å². The van der Waals surface area contributed by atoms with Crippen LogP contribution in [0.1, 0.15) is 39.7 Å². The predicted molar refractivity (Wildman–Crippen MR) is 93.2 cm³/mol. The second-order valence-electron chi connectivity index (χ2n) is 6.08. The molecule has 1 aliphatic rings. The van der Waals surface area contributed by atoms with Gasteiger partial charge in [-0.15, -0.1) is 11.3 Å². The Balaban J connectivity index is 1.82. The summed E-state index contributed by atoms with van der Waals surface area (Å²) in [6.07, 6.45) is 1.03. The van der Waals surface area contributed by atoms with E-state index in [0.717, 1.165) is 10.4 Å². The van der Waals surface area contributed by atoms with Crippen LogP contribution in [0.5, 0.6) is 5.75 Å². The van der Waals surface area contributed by atoms with Crippen LogP contribution >= 0.6 is 11.3 Å². The fourth-order valence-electron chi connectivity index (χ4n) is 3.04. The molecule has 5 nitrogen and oxygen atoms in total. The molecule has 1 aliphatic heterocycles. The van der Waals surface area contributed by atoms with Gasteiger partial charge in [0.1, 0.15) is 5.75 Å². The average Bonchev–Trinajstić information content (AvgIpc) is 3.07. The molecule has 0 aliphatic carbocycles. The number of likely N-dealkylation sites (tertiary alicyclic amines) is 1. The summed E-state index contributed by atoms with van der Waals surface area (Å²) in [5.41, 5.74) is 1.15. The molecule has 0 bridgehead atoms. The number of rotatable bonds is 3. The molecule has 2 amide bonds. The van der Waals surface area contributed by atoms with Crippen molar-refractivity contribution in [1.82, 2.24) is 10.2 Å². The highest BCUT2D eigenvalue weighted by Crippen LogP contribution is 2.33. The minimum atomic E-state index is -0.236. The van der Waals surface area contributed by atoms with Crippen molar-refractivity contribution >= 4 is 23.2 Å². The van der Waals surface area contributed by atoms with E-state index in [4.69, 9.17) is 0 Å². The molecule has 0 radical (unpaired) electrons. The van der Waals surface area contributed by atoms with Gasteiger partial charge in [-0.3, -0.25) is 9.59 Å². The summed E-state index contributed by atoms with van der Waals surface area (Å²) in [6.45, 7) is 1.78. The SMILES string of the molecule is Cc1ccc(C(=O)N[C@H]2CCC(=O)N(C)[C@@H]2c2cccs2)cc1O. The van der Waals surface area contributed by atoms with E-state index in [1.807, 2.05) is 17.5 Å². The Bertz CT molecular complexity index is 758. The van der Waals surface area contributed by atoms with E-state index in [0.29, 0.717) is 18.4 Å². The number of aryl methyl sites for hydroxylation is 1. The fourth-order valence-corrected chi connectivity index (χ4v) is 3.97. The molecule has 1 fully saturated rings. The first kappa shape index (κ1) is 16.5. The Morgan fingerprint density at radius 1 is 1.38 bits per heavy atom. The topological polar surface area (TPSA) is 69.6 Å². The van der Waals surface area contributed by atoms with Crippen molar-refractivity contribution in [3.05, 3.63) is 51.7 Å². The number of phenols is 1. The average molecular weight is 344 g/mol. The highest BCUT2D eigenvalue weighted by atomic mass is 32.1. The van der Waals surface area contributed by atoms with Gasteiger partial charge in [0.2, 0.25) is 5.91 Å². The summed E-state index contributed by atoms with van der Waals surface area (Å²) in [4.78, 5) is 27.4. The lowest BCUT2D eigenvalue weighted by molar-refractivity contribution is -0.135. The summed E-state index contributed by atoms with van der Waals surface area (Å²) in [6, 6.07) is 8.52. The van der Waals surface area contributed by atoms with Crippen molar-refractivity contribution in [3.63, 3.8) is 0 Å². The van der Waals surface area contributed by atoms with Crippen LogP contribution in [0.3, 0.4) is 0 Å². The molecule has 2 N–H and O–H groups in total. The molecule has 0 spiro atoms. The number of carbonyl (C=O) groups is 2. The van der Waals surface area contributed by atoms with Crippen LogP contribution in [0.2, 0.25) is 0 Å². The molecule has 2 atom stereocenters. The van der Waals surface area contributed by atoms with Gasteiger partial charge in [0.15, 0.2) is 0 Å². The molecule has 2 heterocycles. The number of hydrogen-bond acceptors (Lipinski definition) is 4. The van der Waals surface area contributed by atoms with E-state index < -0.39 is 0 Å². The van der Waals surface area contributed by atoms with Gasteiger partial charge in [-0.1, -0.05) is 12.1 Å². The summed E-state index contributed by atoms with van der Waals surface area (Å²) >= 11 is 1.58. The Labute approximate surface area is 144 Å². The van der Waals surface area contributed by atoms with E-state index in [1.54, 1.807) is 42.3 Å². The zero-order valence-electron chi connectivity index (χ0n) is 13.7. The lowest BCUT2D eigenvalue weighted by atomic mass is 9.94. The van der Waals surface area contributed by atoms with Crippen molar-refractivity contribution in [3.8, 4) is 5.75 Å². The van der Waals surface area contributed by atoms with Gasteiger partial charge in [-0.2, -0.15) is 0 Å². The van der Waals surface area contributed by atoms with Gasteiger partial charge in [0.25, 0.3) is 5.91 Å². The number of nitrogens with zero attached hydrogens (tertiary/aromatic N) is 1. The molecule has 6 heteroatoms. The highest BCUT2D eigenvalue weighted by molar-refractivity contribution is 7.10. The van der Waals surface area contributed by atoms with E-state index in [2.05, 4.69) is 5.32 Å². The second-order valence-corrected chi connectivity index (χ2v) is 7.06. The molecule has 1 aromatic heterocycles. The first-order chi connectivity index (χ1) is 11.5. The van der Waals surface area contributed by atoms with Crippen LogP contribution in [-0.2, 0) is 4.79 Å². The zero-order valence-corrected chi connectivity index (χ0v) is 14.5. The zero-order chi connectivity index (χ0) is 17.3. The maximum absolute atomic E-state index is 12.6. The van der Waals surface area contributed by atoms with Gasteiger partial charge in [0, 0.05) is 23.9 Å². The Hall–Kier alpha value is -2.34. The maximum Gasteiger partial charge on any atom is 0.251 e. The molecule has 24 heavy (non-hydrogen) atoms. The van der Waals surface area contributed by atoms with Crippen molar-refractivity contribution in [2.75, 3.05) is 7.05 Å². The number of likely N-dealkylation sites (N-methyl/N-ethyl adjacent to an activating group) is 1. The minimum Gasteiger partial charge on any atom is -0.508 e. The predicted octanol–water partition coefficient (Wildman–Crippen LogP) is 2.85. The fraction of sp³-hybridized carbons (Fsp3) is 0.333. The molecular weight excluding hydrogens is 324 g/mol. The van der Waals surface area contributed by atoms with Crippen LogP contribution in [-0.4, -0.2) is 34.9 Å². The first-order valence-corrected chi connectivity index (χ1v) is 8.75. The third kappa shape index (κ3) is 3.14. The number of thiophene rings is 1. The number of nitrogens with one attached hydrogen (secondary N) is 1. The van der Waals surface area contributed by atoms with Crippen molar-refractivity contribution in [2.45, 2.75) is 31.8 Å². The van der Waals surface area contributed by atoms with Crippen molar-refractivity contribution in [2.24, 2.45) is 0 Å². The third-order valence-electron chi connectivity index (χ3n) is 4.48. The minimum absolute atomic E-state index is 0.0897. The third-order valence-corrected chi connectivity index (χ3v) is 5.43. The number of carbonyl (C=O) groups excluding carboxylic acids is 2. The monoisotopic (exact) mass is 344 g/mol. The van der Waals surface area contributed by atoms with Gasteiger partial charge < -0.3 is 15.3 Å². The Morgan fingerprint density at radius 3 is 2.83 bits per heavy atom. The second kappa shape index (κ2) is 6.65. The number of amides is 2. The maximum atomic E-state index is 12.6. The molecule has 126 valence electrons. The van der Waals surface area contributed by atoms with Gasteiger partial charge in [-0.25, -0.2) is 0 Å². The number of phenolic OH excluding ortho intramolecular Hbond substituents is 1. The van der Waals surface area contributed by atoms with Gasteiger partial charge >= 0.3 is 0 Å². The molecule has 1 aromatic carbocycles. The van der Waals surface area contributed by atoms with Crippen molar-refractivity contribution < 1.29 is 14.7 Å². The van der Waals surface area contributed by atoms with Crippen LogP contribution in [0.4, 0.5) is 0 Å². The normalized spacial score (nSPS) is 20.9. The molecule has 1 saturated heterocycles. The lowest BCUT2D eigenvalue weighted by Gasteiger charge is -2.38. The highest BCUT2D eigenvalue weighted by Gasteiger charge is 2.36. The Kier molecular flexibility index (Phi) is 4.57. The van der Waals surface area contributed by atoms with E-state index in [-0.39, 0.29) is 29.6 Å². The molecule has 3 rings (SSSR count). The standard InChI is InChI=1S/C18H20N2O3S/c1-11-5-6-12(10-14(11)21)18(23)19-13-7-8-16(22)20(2)17(13)15-4-3-9-24-15/h3-6,9-10,13,17,21H,7-8H2,1-2H3,(H,19,23)/t13-,17-/m0/s1. The largest absolute Gasteiger partial charge is 0.508 e. The van der Waals surface area contributed by atoms with E-state index >= 15 is 0 Å². The van der Waals surface area contributed by atoms with Crippen molar-refractivity contribution in [1.29, 1.82) is 0 Å². The summed E-state index contributed by atoms with van der Waals surface area (Å²) in [5.74, 6) is -0.0418. The summed E-state index contributed by atoms with van der Waals surface area (Å²) in [7, 11) is 1.78. The number of piperidine rings is 1. The van der Waals surface area contributed by atoms with Gasteiger partial charge in [0.05, 0.1) is 12.1 Å².